The number of para-hydroxylation sites is 1. The van der Waals surface area contributed by atoms with Gasteiger partial charge in [-0.05, 0) is 42.4 Å². The van der Waals surface area contributed by atoms with Crippen LogP contribution in [-0.4, -0.2) is 34.6 Å². The molecule has 152 valence electrons. The highest BCUT2D eigenvalue weighted by atomic mass is 32.2. The molecule has 1 N–H and O–H groups in total. The predicted molar refractivity (Wildman–Crippen MR) is 116 cm³/mol. The van der Waals surface area contributed by atoms with Crippen LogP contribution in [0, 0.1) is 17.0 Å². The molecule has 0 radical (unpaired) electrons. The summed E-state index contributed by atoms with van der Waals surface area (Å²) < 4.78 is 1.94. The van der Waals surface area contributed by atoms with Gasteiger partial charge in [-0.15, -0.1) is 10.2 Å². The van der Waals surface area contributed by atoms with E-state index in [0.717, 1.165) is 27.7 Å². The Balaban J connectivity index is 1.64. The Bertz CT molecular complexity index is 1410. The number of hydrogen-bond acceptors (Lipinski definition) is 7. The van der Waals surface area contributed by atoms with Gasteiger partial charge in [-0.3, -0.25) is 14.7 Å². The highest BCUT2D eigenvalue weighted by molar-refractivity contribution is 7.99. The second-order valence-electron chi connectivity index (χ2n) is 6.81. The Morgan fingerprint density at radius 2 is 1.87 bits per heavy atom. The molecule has 0 fully saturated rings. The van der Waals surface area contributed by atoms with Crippen LogP contribution in [0.2, 0.25) is 0 Å². The van der Waals surface area contributed by atoms with Crippen LogP contribution >= 0.6 is 11.8 Å². The molecule has 0 saturated heterocycles. The molecule has 0 aliphatic heterocycles. The lowest BCUT2D eigenvalue weighted by Crippen LogP contribution is -2.00. The van der Waals surface area contributed by atoms with Gasteiger partial charge in [-0.25, -0.2) is 9.97 Å². The molecule has 0 unspecified atom stereocenters. The van der Waals surface area contributed by atoms with Crippen molar-refractivity contribution in [1.29, 1.82) is 0 Å². The summed E-state index contributed by atoms with van der Waals surface area (Å²) >= 11 is 1.19. The molecular weight excluding hydrogens is 414 g/mol. The minimum atomic E-state index is -0.529. The lowest BCUT2D eigenvalue weighted by Gasteiger charge is -2.10. The van der Waals surface area contributed by atoms with Crippen molar-refractivity contribution >= 4 is 28.4 Å². The highest BCUT2D eigenvalue weighted by Crippen LogP contribution is 2.34. The average Bonchev–Trinajstić information content (AvgIpc) is 3.38. The molecule has 9 nitrogen and oxygen atoms in total. The first kappa shape index (κ1) is 18.9. The van der Waals surface area contributed by atoms with E-state index in [4.69, 9.17) is 0 Å². The van der Waals surface area contributed by atoms with Crippen LogP contribution < -0.4 is 0 Å². The Labute approximate surface area is 180 Å². The first-order valence-electron chi connectivity index (χ1n) is 9.33. The fourth-order valence-electron chi connectivity index (χ4n) is 3.30. The zero-order chi connectivity index (χ0) is 21.4. The smallest absolute Gasteiger partial charge is 0.305 e. The van der Waals surface area contributed by atoms with E-state index in [1.165, 1.54) is 24.2 Å². The monoisotopic (exact) mass is 429 g/mol. The molecule has 0 aliphatic rings. The minimum Gasteiger partial charge on any atom is -0.360 e. The van der Waals surface area contributed by atoms with Crippen LogP contribution in [0.4, 0.5) is 5.69 Å². The van der Waals surface area contributed by atoms with Crippen LogP contribution in [0.1, 0.15) is 5.56 Å². The number of aromatic amines is 1. The van der Waals surface area contributed by atoms with E-state index in [2.05, 4.69) is 25.1 Å². The Morgan fingerprint density at radius 3 is 2.65 bits per heavy atom. The fraction of sp³-hybridized carbons (Fsp3) is 0.0476. The molecule has 3 aromatic heterocycles. The number of nitro groups is 1. The maximum absolute atomic E-state index is 10.9. The first-order valence-corrected chi connectivity index (χ1v) is 10.1. The van der Waals surface area contributed by atoms with Gasteiger partial charge in [0.05, 0.1) is 10.6 Å². The van der Waals surface area contributed by atoms with Crippen molar-refractivity contribution in [3.8, 4) is 17.1 Å². The molecule has 0 aliphatic carbocycles. The predicted octanol–water partition coefficient (Wildman–Crippen LogP) is 4.57. The Morgan fingerprint density at radius 1 is 1.06 bits per heavy atom. The fourth-order valence-corrected chi connectivity index (χ4v) is 4.04. The van der Waals surface area contributed by atoms with Crippen molar-refractivity contribution in [3.05, 3.63) is 82.8 Å². The van der Waals surface area contributed by atoms with Gasteiger partial charge in [0, 0.05) is 22.7 Å². The lowest BCUT2D eigenvalue weighted by molar-refractivity contribution is -0.385. The second kappa shape index (κ2) is 7.65. The van der Waals surface area contributed by atoms with Crippen molar-refractivity contribution in [2.45, 2.75) is 17.2 Å². The molecule has 0 atom stereocenters. The molecule has 0 bridgehead atoms. The minimum absolute atomic E-state index is 0.163. The zero-order valence-corrected chi connectivity index (χ0v) is 17.1. The topological polar surface area (TPSA) is 115 Å². The summed E-state index contributed by atoms with van der Waals surface area (Å²) in [5.41, 5.74) is 3.75. The summed E-state index contributed by atoms with van der Waals surface area (Å²) in [5, 5.41) is 21.7. The third-order valence-corrected chi connectivity index (χ3v) is 5.57. The number of aryl methyl sites for hydroxylation is 1. The van der Waals surface area contributed by atoms with Crippen molar-refractivity contribution in [2.24, 2.45) is 0 Å². The van der Waals surface area contributed by atoms with E-state index in [1.54, 1.807) is 0 Å². The maximum atomic E-state index is 10.9. The number of hydrogen-bond donors (Lipinski definition) is 1. The molecule has 2 aromatic carbocycles. The lowest BCUT2D eigenvalue weighted by atomic mass is 10.1. The molecule has 5 rings (SSSR count). The molecule has 3 heterocycles. The summed E-state index contributed by atoms with van der Waals surface area (Å²) in [5.74, 6) is 0.674. The van der Waals surface area contributed by atoms with Gasteiger partial charge in [0.2, 0.25) is 5.16 Å². The van der Waals surface area contributed by atoms with Gasteiger partial charge in [-0.2, -0.15) is 0 Å². The summed E-state index contributed by atoms with van der Waals surface area (Å²) in [6.45, 7) is 2.02. The number of H-pyrrole nitrogens is 1. The molecular formula is C21H15N7O2S. The van der Waals surface area contributed by atoms with Crippen LogP contribution in [0.3, 0.4) is 0 Å². The van der Waals surface area contributed by atoms with Gasteiger partial charge in [-0.1, -0.05) is 30.3 Å². The van der Waals surface area contributed by atoms with Crippen molar-refractivity contribution in [1.82, 2.24) is 29.7 Å². The van der Waals surface area contributed by atoms with E-state index in [-0.39, 0.29) is 5.69 Å². The summed E-state index contributed by atoms with van der Waals surface area (Å²) in [6.07, 6.45) is 4.28. The van der Waals surface area contributed by atoms with Crippen LogP contribution in [0.5, 0.6) is 0 Å². The number of nitrogens with zero attached hydrogens (tertiary/aromatic N) is 6. The van der Waals surface area contributed by atoms with Crippen LogP contribution in [0.15, 0.2) is 77.4 Å². The van der Waals surface area contributed by atoms with E-state index >= 15 is 0 Å². The van der Waals surface area contributed by atoms with Gasteiger partial charge < -0.3 is 4.98 Å². The zero-order valence-electron chi connectivity index (χ0n) is 16.3. The normalized spacial score (nSPS) is 11.1. The van der Waals surface area contributed by atoms with Gasteiger partial charge in [0.15, 0.2) is 11.0 Å². The second-order valence-corrected chi connectivity index (χ2v) is 7.75. The number of rotatable bonds is 5. The van der Waals surface area contributed by atoms with Crippen LogP contribution in [0.25, 0.3) is 28.0 Å². The average molecular weight is 429 g/mol. The largest absolute Gasteiger partial charge is 0.360 e. The van der Waals surface area contributed by atoms with Gasteiger partial charge in [0.1, 0.15) is 12.4 Å². The number of nitrogens with one attached hydrogen (secondary N) is 1. The van der Waals surface area contributed by atoms with Crippen molar-refractivity contribution in [3.63, 3.8) is 0 Å². The van der Waals surface area contributed by atoms with Crippen molar-refractivity contribution in [2.75, 3.05) is 0 Å². The van der Waals surface area contributed by atoms with Gasteiger partial charge in [0.25, 0.3) is 0 Å². The molecule has 5 aromatic rings. The Hall–Kier alpha value is -4.05. The highest BCUT2D eigenvalue weighted by Gasteiger charge is 2.20. The van der Waals surface area contributed by atoms with E-state index in [0.29, 0.717) is 16.1 Å². The third kappa shape index (κ3) is 3.53. The SMILES string of the molecule is Cc1cccc(-n2c(Sc3ncc([N+](=O)[O-])cn3)nnc2-c2c[nH]c3ccccc23)c1. The van der Waals surface area contributed by atoms with Gasteiger partial charge >= 0.3 is 5.69 Å². The van der Waals surface area contributed by atoms with Crippen LogP contribution in [-0.2, 0) is 0 Å². The van der Waals surface area contributed by atoms with E-state index in [9.17, 15) is 10.1 Å². The number of benzene rings is 2. The summed E-state index contributed by atoms with van der Waals surface area (Å²) in [4.78, 5) is 21.8. The third-order valence-electron chi connectivity index (χ3n) is 4.73. The number of fused-ring (bicyclic) bond motifs is 1. The van der Waals surface area contributed by atoms with E-state index < -0.39 is 4.92 Å². The number of aromatic nitrogens is 6. The molecule has 0 saturated carbocycles. The van der Waals surface area contributed by atoms with E-state index in [1.807, 2.05) is 66.2 Å². The summed E-state index contributed by atoms with van der Waals surface area (Å²) in [6, 6.07) is 16.0. The Kier molecular flexibility index (Phi) is 4.68. The summed E-state index contributed by atoms with van der Waals surface area (Å²) in [7, 11) is 0. The molecule has 0 spiro atoms. The quantitative estimate of drug-likeness (QED) is 0.247. The standard InChI is InChI=1S/C21H15N7O2S/c1-13-5-4-6-14(9-13)27-19(17-12-22-18-8-3-2-7-16(17)18)25-26-21(27)31-20-23-10-15(11-24-20)28(29)30/h2-12,22H,1H3. The molecule has 31 heavy (non-hydrogen) atoms. The first-order chi connectivity index (χ1) is 15.1. The van der Waals surface area contributed by atoms with Crippen molar-refractivity contribution < 1.29 is 4.92 Å². The maximum Gasteiger partial charge on any atom is 0.305 e. The molecule has 0 amide bonds. The molecule has 10 heteroatoms.